The van der Waals surface area contributed by atoms with Gasteiger partial charge in [-0.25, -0.2) is 4.79 Å². The van der Waals surface area contributed by atoms with Gasteiger partial charge in [0, 0.05) is 11.6 Å². The van der Waals surface area contributed by atoms with Crippen molar-refractivity contribution in [1.82, 2.24) is 5.32 Å². The summed E-state index contributed by atoms with van der Waals surface area (Å²) < 4.78 is 4.59. The largest absolute Gasteiger partial charge is 0.467 e. The predicted octanol–water partition coefficient (Wildman–Crippen LogP) is 3.54. The van der Waals surface area contributed by atoms with E-state index in [4.69, 9.17) is 40.5 Å². The van der Waals surface area contributed by atoms with Gasteiger partial charge >= 0.3 is 5.97 Å². The van der Waals surface area contributed by atoms with Gasteiger partial charge in [0.1, 0.15) is 6.04 Å². The van der Waals surface area contributed by atoms with E-state index in [1.165, 1.54) is 7.11 Å². The molecule has 0 radical (unpaired) electrons. The number of carbonyl (C=O) groups excluding carboxylic acids is 2. The number of aryl methyl sites for hydroxylation is 1. The minimum Gasteiger partial charge on any atom is -0.467 e. The molecule has 1 amide bonds. The van der Waals surface area contributed by atoms with E-state index >= 15 is 0 Å². The number of nitrogens with one attached hydrogen (secondary N) is 1. The standard InChI is InChI=1S/C20H21Cl3N2O4/c1-29-20(28)16(10-24)25-19(27)18-14(22)7-11(8-15(18)23)5-6-17(26)12-3-2-4-13(21)9-12/h2-4,7-9,16-17,26H,5-6,10,24H2,1H3,(H,25,27). The summed E-state index contributed by atoms with van der Waals surface area (Å²) in [6.07, 6.45) is 0.179. The number of nitrogens with two attached hydrogens (primary N) is 1. The van der Waals surface area contributed by atoms with Gasteiger partial charge in [-0.15, -0.1) is 0 Å². The summed E-state index contributed by atoms with van der Waals surface area (Å²) >= 11 is 18.4. The first kappa shape index (κ1) is 23.4. The van der Waals surface area contributed by atoms with Crippen molar-refractivity contribution in [3.8, 4) is 0 Å². The van der Waals surface area contributed by atoms with Gasteiger partial charge in [-0.1, -0.05) is 46.9 Å². The number of carbonyl (C=O) groups is 2. The van der Waals surface area contributed by atoms with E-state index in [-0.39, 0.29) is 22.2 Å². The molecule has 0 heterocycles. The first-order valence-electron chi connectivity index (χ1n) is 8.77. The third-order valence-electron chi connectivity index (χ3n) is 4.30. The van der Waals surface area contributed by atoms with Crippen LogP contribution >= 0.6 is 34.8 Å². The highest BCUT2D eigenvalue weighted by molar-refractivity contribution is 6.39. The molecule has 0 bridgehead atoms. The number of aliphatic hydroxyl groups excluding tert-OH is 1. The molecule has 2 rings (SSSR count). The molecule has 156 valence electrons. The van der Waals surface area contributed by atoms with E-state index in [1.54, 1.807) is 36.4 Å². The summed E-state index contributed by atoms with van der Waals surface area (Å²) in [6.45, 7) is -0.132. The number of halogens is 3. The molecule has 0 aliphatic carbocycles. The highest BCUT2D eigenvalue weighted by Crippen LogP contribution is 2.29. The fraction of sp³-hybridized carbons (Fsp3) is 0.300. The topological polar surface area (TPSA) is 102 Å². The monoisotopic (exact) mass is 458 g/mol. The smallest absolute Gasteiger partial charge is 0.329 e. The number of rotatable bonds is 8. The molecule has 2 atom stereocenters. The van der Waals surface area contributed by atoms with Gasteiger partial charge in [-0.05, 0) is 48.2 Å². The lowest BCUT2D eigenvalue weighted by Gasteiger charge is -2.16. The molecule has 9 heteroatoms. The van der Waals surface area contributed by atoms with E-state index in [0.717, 1.165) is 5.56 Å². The Morgan fingerprint density at radius 2 is 1.83 bits per heavy atom. The lowest BCUT2D eigenvalue weighted by Crippen LogP contribution is -2.46. The van der Waals surface area contributed by atoms with Gasteiger partial charge in [0.2, 0.25) is 0 Å². The van der Waals surface area contributed by atoms with Crippen LogP contribution in [0, 0.1) is 0 Å². The van der Waals surface area contributed by atoms with E-state index in [0.29, 0.717) is 23.4 Å². The third-order valence-corrected chi connectivity index (χ3v) is 5.13. The van der Waals surface area contributed by atoms with Gasteiger partial charge in [-0.2, -0.15) is 0 Å². The average Bonchev–Trinajstić information content (AvgIpc) is 2.69. The number of methoxy groups -OCH3 is 1. The minimum atomic E-state index is -1.01. The molecular formula is C20H21Cl3N2O4. The fourth-order valence-corrected chi connectivity index (χ4v) is 3.66. The van der Waals surface area contributed by atoms with E-state index in [1.807, 2.05) is 0 Å². The van der Waals surface area contributed by atoms with Gasteiger partial charge in [-0.3, -0.25) is 4.79 Å². The Bertz CT molecular complexity index is 869. The molecule has 2 aromatic rings. The van der Waals surface area contributed by atoms with Gasteiger partial charge in [0.25, 0.3) is 5.91 Å². The molecule has 0 fully saturated rings. The van der Waals surface area contributed by atoms with Crippen molar-refractivity contribution in [2.75, 3.05) is 13.7 Å². The minimum absolute atomic E-state index is 0.0369. The van der Waals surface area contributed by atoms with Crippen LogP contribution in [0.2, 0.25) is 15.1 Å². The number of ether oxygens (including phenoxy) is 1. The molecule has 29 heavy (non-hydrogen) atoms. The van der Waals surface area contributed by atoms with Gasteiger partial charge < -0.3 is 20.9 Å². The van der Waals surface area contributed by atoms with Crippen LogP contribution in [0.4, 0.5) is 0 Å². The zero-order chi connectivity index (χ0) is 21.6. The van der Waals surface area contributed by atoms with E-state index < -0.39 is 24.0 Å². The molecule has 2 aromatic carbocycles. The van der Waals surface area contributed by atoms with Crippen LogP contribution < -0.4 is 11.1 Å². The number of hydrogen-bond donors (Lipinski definition) is 3. The first-order chi connectivity index (χ1) is 13.8. The van der Waals surface area contributed by atoms with Crippen LogP contribution in [-0.4, -0.2) is 36.7 Å². The average molecular weight is 460 g/mol. The van der Waals surface area contributed by atoms with Crippen LogP contribution in [0.3, 0.4) is 0 Å². The van der Waals surface area contributed by atoms with Crippen molar-refractivity contribution >= 4 is 46.7 Å². The first-order valence-corrected chi connectivity index (χ1v) is 9.90. The van der Waals surface area contributed by atoms with Crippen LogP contribution in [0.15, 0.2) is 36.4 Å². The maximum Gasteiger partial charge on any atom is 0.329 e. The van der Waals surface area contributed by atoms with Crippen LogP contribution in [-0.2, 0) is 16.0 Å². The van der Waals surface area contributed by atoms with Crippen LogP contribution in [0.5, 0.6) is 0 Å². The number of esters is 1. The molecule has 0 saturated heterocycles. The van der Waals surface area contributed by atoms with Crippen LogP contribution in [0.25, 0.3) is 0 Å². The zero-order valence-corrected chi connectivity index (χ0v) is 17.9. The van der Waals surface area contributed by atoms with Crippen molar-refractivity contribution in [2.24, 2.45) is 5.73 Å². The van der Waals surface area contributed by atoms with Gasteiger partial charge in [0.05, 0.1) is 28.8 Å². The lowest BCUT2D eigenvalue weighted by molar-refractivity contribution is -0.142. The predicted molar refractivity (Wildman–Crippen MR) is 114 cm³/mol. The summed E-state index contributed by atoms with van der Waals surface area (Å²) in [6, 6.07) is 9.19. The fourth-order valence-electron chi connectivity index (χ4n) is 2.76. The molecule has 0 aliphatic rings. The van der Waals surface area contributed by atoms with Crippen LogP contribution in [0.1, 0.15) is 34.0 Å². The second-order valence-corrected chi connectivity index (χ2v) is 7.58. The maximum absolute atomic E-state index is 12.5. The highest BCUT2D eigenvalue weighted by atomic mass is 35.5. The molecule has 0 saturated carbocycles. The second-order valence-electron chi connectivity index (χ2n) is 6.33. The molecule has 4 N–H and O–H groups in total. The summed E-state index contributed by atoms with van der Waals surface area (Å²) in [7, 11) is 1.20. The molecular weight excluding hydrogens is 439 g/mol. The van der Waals surface area contributed by atoms with E-state index in [2.05, 4.69) is 10.1 Å². The summed E-state index contributed by atoms with van der Waals surface area (Å²) in [5.41, 5.74) is 6.98. The Kier molecular flexibility index (Phi) is 8.74. The molecule has 0 aliphatic heterocycles. The van der Waals surface area contributed by atoms with Gasteiger partial charge in [0.15, 0.2) is 0 Å². The molecule has 2 unspecified atom stereocenters. The Morgan fingerprint density at radius 1 is 1.17 bits per heavy atom. The normalized spacial score (nSPS) is 12.9. The number of hydrogen-bond acceptors (Lipinski definition) is 5. The number of benzene rings is 2. The van der Waals surface area contributed by atoms with Crippen molar-refractivity contribution in [2.45, 2.75) is 25.0 Å². The number of amides is 1. The highest BCUT2D eigenvalue weighted by Gasteiger charge is 2.24. The van der Waals surface area contributed by atoms with Crippen molar-refractivity contribution in [3.05, 3.63) is 68.2 Å². The Balaban J connectivity index is 2.10. The zero-order valence-electron chi connectivity index (χ0n) is 15.6. The van der Waals surface area contributed by atoms with Crippen molar-refractivity contribution in [3.63, 3.8) is 0 Å². The Labute approximate surface area is 183 Å². The Morgan fingerprint density at radius 3 is 2.38 bits per heavy atom. The SMILES string of the molecule is COC(=O)C(CN)NC(=O)c1c(Cl)cc(CCC(O)c2cccc(Cl)c2)cc1Cl. The lowest BCUT2D eigenvalue weighted by atomic mass is 10.0. The summed E-state index contributed by atoms with van der Waals surface area (Å²) in [4.78, 5) is 24.1. The van der Waals surface area contributed by atoms with Crippen molar-refractivity contribution < 1.29 is 19.4 Å². The second kappa shape index (κ2) is 10.8. The molecule has 0 spiro atoms. The molecule has 6 nitrogen and oxygen atoms in total. The van der Waals surface area contributed by atoms with Crippen molar-refractivity contribution in [1.29, 1.82) is 0 Å². The number of aliphatic hydroxyl groups is 1. The van der Waals surface area contributed by atoms with E-state index in [9.17, 15) is 14.7 Å². The molecule has 0 aromatic heterocycles. The quantitative estimate of drug-likeness (QED) is 0.524. The summed E-state index contributed by atoms with van der Waals surface area (Å²) in [5.74, 6) is -1.30. The summed E-state index contributed by atoms with van der Waals surface area (Å²) in [5, 5.41) is 13.6. The Hall–Kier alpha value is -1.83. The maximum atomic E-state index is 12.5. The third kappa shape index (κ3) is 6.32.